The molecule has 3 rings (SSSR count). The second kappa shape index (κ2) is 7.21. The average molecular weight is 338 g/mol. The van der Waals surface area contributed by atoms with E-state index in [-0.39, 0.29) is 30.5 Å². The molecule has 1 aliphatic heterocycles. The zero-order valence-corrected chi connectivity index (χ0v) is 13.0. The Morgan fingerprint density at radius 2 is 2.17 bits per heavy atom. The number of hydrogen-bond acceptors (Lipinski definition) is 5. The molecule has 0 saturated heterocycles. The summed E-state index contributed by atoms with van der Waals surface area (Å²) in [6, 6.07) is 6.13. The molecular formula is C14H16ClN5O3. The van der Waals surface area contributed by atoms with Crippen molar-refractivity contribution in [2.24, 2.45) is 0 Å². The SMILES string of the molecule is Cl.O=C(Cn1cc([N+](=O)[O-])cn1)NCc1ccc2c(c1)CNC2. The predicted molar refractivity (Wildman–Crippen MR) is 85.0 cm³/mol. The third kappa shape index (κ3) is 4.05. The largest absolute Gasteiger partial charge is 0.350 e. The van der Waals surface area contributed by atoms with E-state index in [0.717, 1.165) is 24.8 Å². The van der Waals surface area contributed by atoms with Crippen LogP contribution in [0.4, 0.5) is 5.69 Å². The number of amides is 1. The van der Waals surface area contributed by atoms with Gasteiger partial charge < -0.3 is 10.6 Å². The van der Waals surface area contributed by atoms with E-state index in [9.17, 15) is 14.9 Å². The second-order valence-electron chi connectivity index (χ2n) is 5.14. The molecule has 0 atom stereocenters. The molecule has 0 aliphatic carbocycles. The van der Waals surface area contributed by atoms with Gasteiger partial charge in [0, 0.05) is 19.6 Å². The molecule has 23 heavy (non-hydrogen) atoms. The molecule has 1 aromatic heterocycles. The third-order valence-corrected chi connectivity index (χ3v) is 3.53. The summed E-state index contributed by atoms with van der Waals surface area (Å²) in [5, 5.41) is 20.4. The van der Waals surface area contributed by atoms with Gasteiger partial charge in [-0.05, 0) is 16.7 Å². The van der Waals surface area contributed by atoms with Crippen LogP contribution in [0.15, 0.2) is 30.6 Å². The number of rotatable bonds is 5. The Hall–Kier alpha value is -2.45. The minimum atomic E-state index is -0.542. The first-order chi connectivity index (χ1) is 10.6. The van der Waals surface area contributed by atoms with E-state index in [1.54, 1.807) is 0 Å². The van der Waals surface area contributed by atoms with E-state index in [0.29, 0.717) is 6.54 Å². The molecule has 2 N–H and O–H groups in total. The van der Waals surface area contributed by atoms with Crippen LogP contribution in [0.1, 0.15) is 16.7 Å². The molecule has 0 fully saturated rings. The summed E-state index contributed by atoms with van der Waals surface area (Å²) in [7, 11) is 0. The van der Waals surface area contributed by atoms with Gasteiger partial charge in [-0.1, -0.05) is 18.2 Å². The number of aromatic nitrogens is 2. The lowest BCUT2D eigenvalue weighted by molar-refractivity contribution is -0.385. The fraction of sp³-hybridized carbons (Fsp3) is 0.286. The maximum atomic E-state index is 11.8. The molecule has 0 saturated carbocycles. The molecule has 2 heterocycles. The van der Waals surface area contributed by atoms with Gasteiger partial charge in [0.05, 0.1) is 4.92 Å². The maximum Gasteiger partial charge on any atom is 0.307 e. The Labute approximate surface area is 138 Å². The van der Waals surface area contributed by atoms with Crippen LogP contribution in [0, 0.1) is 10.1 Å². The summed E-state index contributed by atoms with van der Waals surface area (Å²) in [5.41, 5.74) is 3.45. The lowest BCUT2D eigenvalue weighted by Crippen LogP contribution is -2.27. The Morgan fingerprint density at radius 1 is 1.39 bits per heavy atom. The van der Waals surface area contributed by atoms with Crippen LogP contribution in [-0.2, 0) is 31.0 Å². The van der Waals surface area contributed by atoms with Crippen LogP contribution in [0.3, 0.4) is 0 Å². The lowest BCUT2D eigenvalue weighted by Gasteiger charge is -2.07. The Bertz CT molecular complexity index is 731. The molecule has 0 bridgehead atoms. The minimum absolute atomic E-state index is 0. The van der Waals surface area contributed by atoms with E-state index in [2.05, 4.69) is 27.9 Å². The van der Waals surface area contributed by atoms with Gasteiger partial charge in [0.2, 0.25) is 5.91 Å². The zero-order chi connectivity index (χ0) is 15.5. The molecular weight excluding hydrogens is 322 g/mol. The third-order valence-electron chi connectivity index (χ3n) is 3.53. The summed E-state index contributed by atoms with van der Waals surface area (Å²) in [6.45, 7) is 2.13. The molecule has 1 aromatic carbocycles. The highest BCUT2D eigenvalue weighted by Crippen LogP contribution is 2.16. The number of benzene rings is 1. The Kier molecular flexibility index (Phi) is 5.30. The topological polar surface area (TPSA) is 102 Å². The second-order valence-corrected chi connectivity index (χ2v) is 5.14. The van der Waals surface area contributed by atoms with E-state index in [1.807, 2.05) is 6.07 Å². The number of hydrogen-bond donors (Lipinski definition) is 2. The van der Waals surface area contributed by atoms with Gasteiger partial charge in [-0.25, -0.2) is 0 Å². The highest BCUT2D eigenvalue weighted by Gasteiger charge is 2.12. The quantitative estimate of drug-likeness (QED) is 0.629. The highest BCUT2D eigenvalue weighted by molar-refractivity contribution is 5.85. The fourth-order valence-electron chi connectivity index (χ4n) is 2.40. The van der Waals surface area contributed by atoms with Gasteiger partial charge in [-0.3, -0.25) is 19.6 Å². The molecule has 0 unspecified atom stereocenters. The van der Waals surface area contributed by atoms with Crippen molar-refractivity contribution in [3.05, 3.63) is 57.4 Å². The molecule has 0 spiro atoms. The summed E-state index contributed by atoms with van der Waals surface area (Å²) in [5.74, 6) is -0.239. The first kappa shape index (κ1) is 16.9. The van der Waals surface area contributed by atoms with E-state index < -0.39 is 4.92 Å². The standard InChI is InChI=1S/C14H15N5O3.ClH/c20-14(9-18-8-13(7-17-18)19(21)22)16-4-10-1-2-11-5-15-6-12(11)3-10;/h1-3,7-8,15H,4-6,9H2,(H,16,20);1H. The lowest BCUT2D eigenvalue weighted by atomic mass is 10.1. The Balaban J connectivity index is 0.00000192. The number of carbonyl (C=O) groups excluding carboxylic acids is 1. The minimum Gasteiger partial charge on any atom is -0.350 e. The summed E-state index contributed by atoms with van der Waals surface area (Å²) in [6.07, 6.45) is 2.36. The first-order valence-corrected chi connectivity index (χ1v) is 6.87. The van der Waals surface area contributed by atoms with Gasteiger partial charge in [-0.15, -0.1) is 12.4 Å². The number of nitrogens with one attached hydrogen (secondary N) is 2. The van der Waals surface area contributed by atoms with Crippen molar-refractivity contribution >= 4 is 24.0 Å². The average Bonchev–Trinajstić information content (AvgIpc) is 3.13. The van der Waals surface area contributed by atoms with Crippen LogP contribution in [0.25, 0.3) is 0 Å². The van der Waals surface area contributed by atoms with Gasteiger partial charge >= 0.3 is 5.69 Å². The number of nitrogens with zero attached hydrogens (tertiary/aromatic N) is 3. The molecule has 1 amide bonds. The van der Waals surface area contributed by atoms with Crippen molar-refractivity contribution in [3.8, 4) is 0 Å². The maximum absolute atomic E-state index is 11.8. The molecule has 2 aromatic rings. The fourth-order valence-corrected chi connectivity index (χ4v) is 2.40. The molecule has 0 radical (unpaired) electrons. The summed E-state index contributed by atoms with van der Waals surface area (Å²) < 4.78 is 1.25. The van der Waals surface area contributed by atoms with Gasteiger partial charge in [0.15, 0.2) is 0 Å². The van der Waals surface area contributed by atoms with Crippen molar-refractivity contribution in [2.75, 3.05) is 0 Å². The zero-order valence-electron chi connectivity index (χ0n) is 12.2. The predicted octanol–water partition coefficient (Wildman–Crippen LogP) is 1.13. The van der Waals surface area contributed by atoms with Crippen molar-refractivity contribution in [1.29, 1.82) is 0 Å². The first-order valence-electron chi connectivity index (χ1n) is 6.87. The molecule has 9 heteroatoms. The van der Waals surface area contributed by atoms with Crippen molar-refractivity contribution in [1.82, 2.24) is 20.4 Å². The van der Waals surface area contributed by atoms with Crippen molar-refractivity contribution in [2.45, 2.75) is 26.2 Å². The monoisotopic (exact) mass is 337 g/mol. The number of fused-ring (bicyclic) bond motifs is 1. The number of carbonyl (C=O) groups is 1. The van der Waals surface area contributed by atoms with Crippen LogP contribution in [0.2, 0.25) is 0 Å². The highest BCUT2D eigenvalue weighted by atomic mass is 35.5. The normalized spacial score (nSPS) is 12.3. The van der Waals surface area contributed by atoms with Gasteiger partial charge in [0.1, 0.15) is 18.9 Å². The van der Waals surface area contributed by atoms with Crippen LogP contribution >= 0.6 is 12.4 Å². The van der Waals surface area contributed by atoms with Crippen LogP contribution in [0.5, 0.6) is 0 Å². The Morgan fingerprint density at radius 3 is 2.91 bits per heavy atom. The molecule has 8 nitrogen and oxygen atoms in total. The van der Waals surface area contributed by atoms with Gasteiger partial charge in [-0.2, -0.15) is 5.10 Å². The van der Waals surface area contributed by atoms with Crippen LogP contribution in [-0.4, -0.2) is 20.6 Å². The van der Waals surface area contributed by atoms with Gasteiger partial charge in [0.25, 0.3) is 0 Å². The summed E-state index contributed by atoms with van der Waals surface area (Å²) >= 11 is 0. The number of nitro groups is 1. The van der Waals surface area contributed by atoms with E-state index >= 15 is 0 Å². The smallest absolute Gasteiger partial charge is 0.307 e. The van der Waals surface area contributed by atoms with E-state index in [4.69, 9.17) is 0 Å². The van der Waals surface area contributed by atoms with Crippen LogP contribution < -0.4 is 10.6 Å². The van der Waals surface area contributed by atoms with Crippen molar-refractivity contribution < 1.29 is 9.72 Å². The molecule has 122 valence electrons. The summed E-state index contributed by atoms with van der Waals surface area (Å²) in [4.78, 5) is 21.9. The number of halogens is 1. The van der Waals surface area contributed by atoms with E-state index in [1.165, 1.54) is 22.0 Å². The van der Waals surface area contributed by atoms with Crippen molar-refractivity contribution in [3.63, 3.8) is 0 Å². The molecule has 1 aliphatic rings.